The number of nitrogen functional groups attached to an aromatic ring is 1. The van der Waals surface area contributed by atoms with E-state index < -0.39 is 0 Å². The van der Waals surface area contributed by atoms with E-state index in [9.17, 15) is 4.39 Å². The van der Waals surface area contributed by atoms with Gasteiger partial charge in [0.2, 0.25) is 0 Å². The SMILES string of the molecule is CCCc1nc(-c2ccc(F)cc2Br)c(N)n1C1CC1. The van der Waals surface area contributed by atoms with Crippen molar-refractivity contribution in [3.05, 3.63) is 34.3 Å². The summed E-state index contributed by atoms with van der Waals surface area (Å²) in [5.41, 5.74) is 7.90. The third-order valence-corrected chi connectivity index (χ3v) is 4.25. The second-order valence-electron chi connectivity index (χ2n) is 5.24. The van der Waals surface area contributed by atoms with Crippen LogP contribution in [-0.2, 0) is 6.42 Å². The van der Waals surface area contributed by atoms with Crippen molar-refractivity contribution in [3.8, 4) is 11.3 Å². The van der Waals surface area contributed by atoms with Crippen LogP contribution in [0.4, 0.5) is 10.2 Å². The molecule has 1 aliphatic carbocycles. The third-order valence-electron chi connectivity index (χ3n) is 3.59. The summed E-state index contributed by atoms with van der Waals surface area (Å²) >= 11 is 3.40. The third kappa shape index (κ3) is 2.35. The van der Waals surface area contributed by atoms with Crippen molar-refractivity contribution in [1.82, 2.24) is 9.55 Å². The molecule has 1 fully saturated rings. The van der Waals surface area contributed by atoms with Gasteiger partial charge in [-0.1, -0.05) is 6.92 Å². The average Bonchev–Trinajstić information content (AvgIpc) is 3.17. The Bertz CT molecular complexity index is 647. The monoisotopic (exact) mass is 337 g/mol. The number of hydrogen-bond donors (Lipinski definition) is 1. The molecule has 1 aromatic carbocycles. The fraction of sp³-hybridized carbons (Fsp3) is 0.400. The fourth-order valence-electron chi connectivity index (χ4n) is 2.51. The van der Waals surface area contributed by atoms with Crippen molar-refractivity contribution in [3.63, 3.8) is 0 Å². The van der Waals surface area contributed by atoms with E-state index in [1.54, 1.807) is 6.07 Å². The molecule has 0 bridgehead atoms. The number of aryl methyl sites for hydroxylation is 1. The number of imidazole rings is 1. The predicted molar refractivity (Wildman–Crippen MR) is 82.0 cm³/mol. The molecule has 3 nitrogen and oxygen atoms in total. The number of nitrogens with zero attached hydrogens (tertiary/aromatic N) is 2. The standard InChI is InChI=1S/C15H17BrFN3/c1-2-3-13-19-14(15(18)20(13)10-5-6-10)11-7-4-9(17)8-12(11)16/h4,7-8,10H,2-3,5-6,18H2,1H3. The van der Waals surface area contributed by atoms with Gasteiger partial charge in [-0.3, -0.25) is 0 Å². The van der Waals surface area contributed by atoms with Gasteiger partial charge in [-0.2, -0.15) is 0 Å². The fourth-order valence-corrected chi connectivity index (χ4v) is 3.05. The molecule has 0 unspecified atom stereocenters. The van der Waals surface area contributed by atoms with Gasteiger partial charge in [0.25, 0.3) is 0 Å². The summed E-state index contributed by atoms with van der Waals surface area (Å²) in [5, 5.41) is 0. The molecule has 1 saturated carbocycles. The largest absolute Gasteiger partial charge is 0.383 e. The van der Waals surface area contributed by atoms with Crippen molar-refractivity contribution in [2.45, 2.75) is 38.6 Å². The van der Waals surface area contributed by atoms with Crippen LogP contribution < -0.4 is 5.73 Å². The second-order valence-corrected chi connectivity index (χ2v) is 6.09. The Morgan fingerprint density at radius 1 is 1.45 bits per heavy atom. The maximum Gasteiger partial charge on any atom is 0.132 e. The van der Waals surface area contributed by atoms with Crippen LogP contribution in [0.2, 0.25) is 0 Å². The Morgan fingerprint density at radius 2 is 2.20 bits per heavy atom. The Balaban J connectivity index is 2.11. The summed E-state index contributed by atoms with van der Waals surface area (Å²) < 4.78 is 16.1. The highest BCUT2D eigenvalue weighted by molar-refractivity contribution is 9.10. The normalized spacial score (nSPS) is 14.8. The molecule has 3 rings (SSSR count). The van der Waals surface area contributed by atoms with Crippen molar-refractivity contribution >= 4 is 21.7 Å². The van der Waals surface area contributed by atoms with E-state index in [0.717, 1.165) is 29.9 Å². The van der Waals surface area contributed by atoms with Crippen LogP contribution in [0, 0.1) is 5.82 Å². The summed E-state index contributed by atoms with van der Waals surface area (Å²) in [4.78, 5) is 4.71. The number of rotatable bonds is 4. The zero-order valence-corrected chi connectivity index (χ0v) is 13.0. The van der Waals surface area contributed by atoms with Crippen LogP contribution in [0.5, 0.6) is 0 Å². The van der Waals surface area contributed by atoms with Crippen LogP contribution in [0.1, 0.15) is 38.1 Å². The lowest BCUT2D eigenvalue weighted by Gasteiger charge is -2.07. The van der Waals surface area contributed by atoms with Crippen molar-refractivity contribution < 1.29 is 4.39 Å². The highest BCUT2D eigenvalue weighted by Gasteiger charge is 2.30. The van der Waals surface area contributed by atoms with Crippen molar-refractivity contribution in [1.29, 1.82) is 0 Å². The molecule has 1 heterocycles. The van der Waals surface area contributed by atoms with E-state index in [2.05, 4.69) is 27.4 Å². The lowest BCUT2D eigenvalue weighted by atomic mass is 10.1. The second kappa shape index (κ2) is 5.20. The minimum Gasteiger partial charge on any atom is -0.383 e. The highest BCUT2D eigenvalue weighted by atomic mass is 79.9. The maximum atomic E-state index is 13.2. The number of benzene rings is 1. The zero-order chi connectivity index (χ0) is 14.3. The number of hydrogen-bond acceptors (Lipinski definition) is 2. The summed E-state index contributed by atoms with van der Waals surface area (Å²) in [6.07, 6.45) is 4.29. The van der Waals surface area contributed by atoms with Crippen LogP contribution in [0.15, 0.2) is 22.7 Å². The lowest BCUT2D eigenvalue weighted by molar-refractivity contribution is 0.627. The van der Waals surface area contributed by atoms with Gasteiger partial charge < -0.3 is 10.3 Å². The molecule has 106 valence electrons. The van der Waals surface area contributed by atoms with E-state index in [1.165, 1.54) is 25.0 Å². The van der Waals surface area contributed by atoms with Gasteiger partial charge in [0.1, 0.15) is 23.2 Å². The van der Waals surface area contributed by atoms with Crippen LogP contribution in [0.25, 0.3) is 11.3 Å². The molecule has 0 aliphatic heterocycles. The molecule has 1 aliphatic rings. The molecule has 20 heavy (non-hydrogen) atoms. The van der Waals surface area contributed by atoms with Crippen LogP contribution in [0.3, 0.4) is 0 Å². The first-order valence-electron chi connectivity index (χ1n) is 6.93. The highest BCUT2D eigenvalue weighted by Crippen LogP contribution is 2.42. The molecular formula is C15H17BrFN3. The number of halogens is 2. The van der Waals surface area contributed by atoms with Crippen LogP contribution >= 0.6 is 15.9 Å². The first-order chi connectivity index (χ1) is 9.61. The molecule has 0 amide bonds. The molecule has 0 atom stereocenters. The van der Waals surface area contributed by atoms with E-state index in [0.29, 0.717) is 16.3 Å². The van der Waals surface area contributed by atoms with Crippen molar-refractivity contribution in [2.24, 2.45) is 0 Å². The summed E-state index contributed by atoms with van der Waals surface area (Å²) in [7, 11) is 0. The maximum absolute atomic E-state index is 13.2. The minimum absolute atomic E-state index is 0.269. The van der Waals surface area contributed by atoms with Gasteiger partial charge in [0.05, 0.1) is 0 Å². The molecule has 5 heteroatoms. The number of anilines is 1. The molecule has 1 aromatic heterocycles. The molecule has 0 spiro atoms. The van der Waals surface area contributed by atoms with Gasteiger partial charge in [-0.15, -0.1) is 0 Å². The lowest BCUT2D eigenvalue weighted by Crippen LogP contribution is -2.05. The van der Waals surface area contributed by atoms with Crippen molar-refractivity contribution in [2.75, 3.05) is 5.73 Å². The zero-order valence-electron chi connectivity index (χ0n) is 11.4. The quantitative estimate of drug-likeness (QED) is 0.902. The Labute approximate surface area is 126 Å². The Morgan fingerprint density at radius 3 is 2.80 bits per heavy atom. The molecule has 2 aromatic rings. The molecular weight excluding hydrogens is 321 g/mol. The summed E-state index contributed by atoms with van der Waals surface area (Å²) in [5.74, 6) is 1.47. The van der Waals surface area contributed by atoms with Gasteiger partial charge in [-0.25, -0.2) is 9.37 Å². The molecule has 0 radical (unpaired) electrons. The van der Waals surface area contributed by atoms with Gasteiger partial charge in [0.15, 0.2) is 0 Å². The Hall–Kier alpha value is -1.36. The average molecular weight is 338 g/mol. The van der Waals surface area contributed by atoms with E-state index in [4.69, 9.17) is 10.7 Å². The summed E-state index contributed by atoms with van der Waals surface area (Å²) in [6, 6.07) is 5.11. The van der Waals surface area contributed by atoms with Crippen LogP contribution in [-0.4, -0.2) is 9.55 Å². The van der Waals surface area contributed by atoms with E-state index in [-0.39, 0.29) is 5.82 Å². The molecule has 0 saturated heterocycles. The molecule has 2 N–H and O–H groups in total. The first-order valence-corrected chi connectivity index (χ1v) is 7.73. The number of aromatic nitrogens is 2. The summed E-state index contributed by atoms with van der Waals surface area (Å²) in [6.45, 7) is 2.13. The van der Waals surface area contributed by atoms with Gasteiger partial charge in [-0.05, 0) is 53.4 Å². The smallest absolute Gasteiger partial charge is 0.132 e. The Kier molecular flexibility index (Phi) is 3.54. The van der Waals surface area contributed by atoms with Gasteiger partial charge >= 0.3 is 0 Å². The first kappa shape index (κ1) is 13.6. The van der Waals surface area contributed by atoms with Gasteiger partial charge in [0, 0.05) is 22.5 Å². The number of nitrogens with two attached hydrogens (primary N) is 1. The minimum atomic E-state index is -0.269. The van der Waals surface area contributed by atoms with E-state index in [1.807, 2.05) is 0 Å². The topological polar surface area (TPSA) is 43.8 Å². The predicted octanol–water partition coefficient (Wildman–Crippen LogP) is 4.32. The van der Waals surface area contributed by atoms with E-state index >= 15 is 0 Å².